The number of rotatable bonds is 3. The van der Waals surface area contributed by atoms with E-state index in [1.807, 2.05) is 18.2 Å². The lowest BCUT2D eigenvalue weighted by molar-refractivity contribution is 0.0582. The van der Waals surface area contributed by atoms with Crippen LogP contribution >= 0.6 is 0 Å². The molecule has 2 aromatic rings. The summed E-state index contributed by atoms with van der Waals surface area (Å²) in [4.78, 5) is 4.12. The van der Waals surface area contributed by atoms with E-state index in [0.29, 0.717) is 23.1 Å². The summed E-state index contributed by atoms with van der Waals surface area (Å²) < 4.78 is 18.2. The Balaban J connectivity index is 1.83. The minimum atomic E-state index is -1.26. The summed E-state index contributed by atoms with van der Waals surface area (Å²) in [6.07, 6.45) is 2.37. The summed E-state index contributed by atoms with van der Waals surface area (Å²) in [5, 5.41) is 0.444. The first kappa shape index (κ1) is 13.3. The maximum absolute atomic E-state index is 12.4. The molecular weight excluding hydrogens is 272 g/mol. The van der Waals surface area contributed by atoms with E-state index in [-0.39, 0.29) is 6.10 Å². The lowest BCUT2D eigenvalue weighted by Gasteiger charge is -2.25. The fraction of sp³-hybridized carbons (Fsp3) is 0.267. The maximum Gasteiger partial charge on any atom is 0.150 e. The third-order valence-electron chi connectivity index (χ3n) is 3.41. The highest BCUT2D eigenvalue weighted by atomic mass is 32.2. The van der Waals surface area contributed by atoms with Crippen LogP contribution in [0.1, 0.15) is 17.2 Å². The van der Waals surface area contributed by atoms with Crippen LogP contribution in [-0.4, -0.2) is 21.6 Å². The minimum Gasteiger partial charge on any atom is -0.396 e. The minimum absolute atomic E-state index is 0.151. The predicted octanol–water partition coefficient (Wildman–Crippen LogP) is 2.09. The molecule has 0 aliphatic carbocycles. The maximum atomic E-state index is 12.4. The van der Waals surface area contributed by atoms with Crippen molar-refractivity contribution in [2.45, 2.75) is 17.6 Å². The van der Waals surface area contributed by atoms with Crippen LogP contribution in [0.4, 0.5) is 5.69 Å². The van der Waals surface area contributed by atoms with Crippen molar-refractivity contribution in [1.82, 2.24) is 4.98 Å². The summed E-state index contributed by atoms with van der Waals surface area (Å²) in [7, 11) is -1.26. The summed E-state index contributed by atoms with van der Waals surface area (Å²) in [6, 6.07) is 11.6. The fourth-order valence-electron chi connectivity index (χ4n) is 2.42. The second-order valence-corrected chi connectivity index (χ2v) is 6.13. The molecule has 2 unspecified atom stereocenters. The Labute approximate surface area is 120 Å². The summed E-state index contributed by atoms with van der Waals surface area (Å²) in [5.41, 5.74) is 8.69. The van der Waals surface area contributed by atoms with Crippen LogP contribution in [0.25, 0.3) is 0 Å². The molecule has 0 saturated heterocycles. The monoisotopic (exact) mass is 288 g/mol. The Morgan fingerprint density at radius 2 is 2.15 bits per heavy atom. The number of nitrogen functional groups attached to an aromatic ring is 1. The Hall–Kier alpha value is -1.72. The zero-order chi connectivity index (χ0) is 13.9. The van der Waals surface area contributed by atoms with Crippen molar-refractivity contribution >= 4 is 16.5 Å². The molecule has 0 saturated carbocycles. The summed E-state index contributed by atoms with van der Waals surface area (Å²) in [5.74, 6) is 0.387. The topological polar surface area (TPSA) is 65.2 Å². The molecule has 2 heterocycles. The SMILES string of the molecule is Nc1cccnc1S(=O)CC1OCCc2ccccc21. The molecule has 0 bridgehead atoms. The van der Waals surface area contributed by atoms with Crippen molar-refractivity contribution in [1.29, 1.82) is 0 Å². The molecule has 0 amide bonds. The molecule has 20 heavy (non-hydrogen) atoms. The summed E-state index contributed by atoms with van der Waals surface area (Å²) in [6.45, 7) is 0.663. The van der Waals surface area contributed by atoms with E-state index >= 15 is 0 Å². The number of nitrogens with zero attached hydrogens (tertiary/aromatic N) is 1. The van der Waals surface area contributed by atoms with Gasteiger partial charge in [-0.3, -0.25) is 4.21 Å². The first-order chi connectivity index (χ1) is 9.75. The zero-order valence-corrected chi connectivity index (χ0v) is 11.8. The molecule has 1 aliphatic rings. The largest absolute Gasteiger partial charge is 0.396 e. The molecule has 0 fully saturated rings. The number of benzene rings is 1. The van der Waals surface area contributed by atoms with Crippen LogP contribution < -0.4 is 5.73 Å². The molecule has 2 N–H and O–H groups in total. The van der Waals surface area contributed by atoms with E-state index in [1.54, 1.807) is 18.3 Å². The van der Waals surface area contributed by atoms with Gasteiger partial charge in [-0.2, -0.15) is 0 Å². The van der Waals surface area contributed by atoms with Crippen molar-refractivity contribution in [2.24, 2.45) is 0 Å². The number of anilines is 1. The van der Waals surface area contributed by atoms with Crippen LogP contribution in [0.15, 0.2) is 47.6 Å². The van der Waals surface area contributed by atoms with Crippen LogP contribution in [0, 0.1) is 0 Å². The molecule has 1 aliphatic heterocycles. The van der Waals surface area contributed by atoms with Crippen LogP contribution in [0.3, 0.4) is 0 Å². The molecule has 104 valence electrons. The van der Waals surface area contributed by atoms with E-state index < -0.39 is 10.8 Å². The fourth-order valence-corrected chi connectivity index (χ4v) is 3.64. The quantitative estimate of drug-likeness (QED) is 0.939. The van der Waals surface area contributed by atoms with Gasteiger partial charge < -0.3 is 10.5 Å². The molecule has 3 rings (SSSR count). The summed E-state index contributed by atoms with van der Waals surface area (Å²) >= 11 is 0. The molecule has 5 heteroatoms. The number of hydrogen-bond donors (Lipinski definition) is 1. The first-order valence-electron chi connectivity index (χ1n) is 6.54. The van der Waals surface area contributed by atoms with Crippen molar-refractivity contribution in [3.05, 3.63) is 53.7 Å². The van der Waals surface area contributed by atoms with Gasteiger partial charge in [0.05, 0.1) is 35.0 Å². The smallest absolute Gasteiger partial charge is 0.150 e. The average Bonchev–Trinajstić information content (AvgIpc) is 2.48. The molecule has 2 atom stereocenters. The number of nitrogens with two attached hydrogens (primary N) is 1. The molecular formula is C15H16N2O2S. The van der Waals surface area contributed by atoms with E-state index in [2.05, 4.69) is 11.1 Å². The van der Waals surface area contributed by atoms with Gasteiger partial charge in [0.15, 0.2) is 0 Å². The van der Waals surface area contributed by atoms with Crippen molar-refractivity contribution in [3.8, 4) is 0 Å². The number of hydrogen-bond acceptors (Lipinski definition) is 4. The molecule has 0 spiro atoms. The van der Waals surface area contributed by atoms with Gasteiger partial charge >= 0.3 is 0 Å². The van der Waals surface area contributed by atoms with Crippen LogP contribution in [-0.2, 0) is 22.0 Å². The van der Waals surface area contributed by atoms with Gasteiger partial charge in [-0.05, 0) is 29.7 Å². The lowest BCUT2D eigenvalue weighted by Crippen LogP contribution is -2.21. The normalized spacial score (nSPS) is 19.3. The number of aromatic nitrogens is 1. The Morgan fingerprint density at radius 1 is 1.30 bits per heavy atom. The molecule has 4 nitrogen and oxygen atoms in total. The number of ether oxygens (including phenoxy) is 1. The van der Waals surface area contributed by atoms with E-state index in [4.69, 9.17) is 10.5 Å². The molecule has 0 radical (unpaired) electrons. The molecule has 1 aromatic carbocycles. The van der Waals surface area contributed by atoms with Gasteiger partial charge in [-0.15, -0.1) is 0 Å². The van der Waals surface area contributed by atoms with Gasteiger partial charge in [0.2, 0.25) is 0 Å². The van der Waals surface area contributed by atoms with Gasteiger partial charge in [-0.25, -0.2) is 4.98 Å². The Kier molecular flexibility index (Phi) is 3.80. The Morgan fingerprint density at radius 3 is 3.00 bits per heavy atom. The second kappa shape index (κ2) is 5.73. The van der Waals surface area contributed by atoms with Gasteiger partial charge in [0.1, 0.15) is 5.03 Å². The zero-order valence-electron chi connectivity index (χ0n) is 11.0. The van der Waals surface area contributed by atoms with Crippen molar-refractivity contribution < 1.29 is 8.95 Å². The van der Waals surface area contributed by atoms with Crippen molar-refractivity contribution in [3.63, 3.8) is 0 Å². The lowest BCUT2D eigenvalue weighted by atomic mass is 9.99. The van der Waals surface area contributed by atoms with Crippen LogP contribution in [0.2, 0.25) is 0 Å². The third-order valence-corrected chi connectivity index (χ3v) is 4.79. The third kappa shape index (κ3) is 2.59. The standard InChI is InChI=1S/C15H16N2O2S/c16-13-6-3-8-17-15(13)20(18)10-14-12-5-2-1-4-11(12)7-9-19-14/h1-6,8,14H,7,9-10,16H2. The second-order valence-electron chi connectivity index (χ2n) is 4.72. The predicted molar refractivity (Wildman–Crippen MR) is 78.8 cm³/mol. The van der Waals surface area contributed by atoms with E-state index in [9.17, 15) is 4.21 Å². The van der Waals surface area contributed by atoms with E-state index in [1.165, 1.54) is 5.56 Å². The first-order valence-corrected chi connectivity index (χ1v) is 7.86. The van der Waals surface area contributed by atoms with Crippen LogP contribution in [0.5, 0.6) is 0 Å². The Bertz CT molecular complexity index is 645. The van der Waals surface area contributed by atoms with Gasteiger partial charge in [0.25, 0.3) is 0 Å². The highest BCUT2D eigenvalue weighted by molar-refractivity contribution is 7.85. The van der Waals surface area contributed by atoms with Gasteiger partial charge in [0, 0.05) is 6.20 Å². The highest BCUT2D eigenvalue weighted by Gasteiger charge is 2.24. The van der Waals surface area contributed by atoms with E-state index in [0.717, 1.165) is 12.0 Å². The van der Waals surface area contributed by atoms with Crippen molar-refractivity contribution in [2.75, 3.05) is 18.1 Å². The average molecular weight is 288 g/mol. The number of pyridine rings is 1. The number of fused-ring (bicyclic) bond motifs is 1. The molecule has 1 aromatic heterocycles. The highest BCUT2D eigenvalue weighted by Crippen LogP contribution is 2.29. The van der Waals surface area contributed by atoms with Gasteiger partial charge in [-0.1, -0.05) is 24.3 Å².